The van der Waals surface area contributed by atoms with Crippen LogP contribution in [0.2, 0.25) is 0 Å². The van der Waals surface area contributed by atoms with E-state index in [-0.39, 0.29) is 36.4 Å². The Balaban J connectivity index is 2.11. The average Bonchev–Trinajstić information content (AvgIpc) is 2.60. The van der Waals surface area contributed by atoms with E-state index in [0.717, 1.165) is 5.56 Å². The summed E-state index contributed by atoms with van der Waals surface area (Å²) in [5, 5.41) is 19.5. The van der Waals surface area contributed by atoms with Crippen molar-refractivity contribution in [3.63, 3.8) is 0 Å². The number of phenols is 1. The Hall–Kier alpha value is -2.53. The summed E-state index contributed by atoms with van der Waals surface area (Å²) in [6.07, 6.45) is -0.298. The van der Waals surface area contributed by atoms with Crippen LogP contribution in [0.1, 0.15) is 43.6 Å². The van der Waals surface area contributed by atoms with E-state index in [1.54, 1.807) is 12.1 Å². The van der Waals surface area contributed by atoms with Crippen LogP contribution in [0.5, 0.6) is 17.2 Å². The molecule has 0 spiro atoms. The normalized spacial score (nSPS) is 12.5. The van der Waals surface area contributed by atoms with Gasteiger partial charge in [-0.2, -0.15) is 0 Å². The second-order valence-corrected chi connectivity index (χ2v) is 6.98. The minimum absolute atomic E-state index is 0.00349. The standard InChI is InChI=1S/C21H26O5/c1-14(12-25-19-11-7-9-17(24)20(19)15(2)23)26-18-10-6-5-8-16(18)21(3,4)13-22/h5-11,14,22,24H,12-13H2,1-4H3. The number of phenolic OH excluding ortho intramolecular Hbond substituents is 1. The lowest BCUT2D eigenvalue weighted by molar-refractivity contribution is 0.0999. The third-order valence-electron chi connectivity index (χ3n) is 4.17. The van der Waals surface area contributed by atoms with E-state index in [9.17, 15) is 15.0 Å². The first-order valence-corrected chi connectivity index (χ1v) is 8.59. The maximum Gasteiger partial charge on any atom is 0.167 e. The predicted octanol–water partition coefficient (Wildman–Crippen LogP) is 3.71. The molecule has 0 saturated carbocycles. The highest BCUT2D eigenvalue weighted by Crippen LogP contribution is 2.32. The molecule has 1 unspecified atom stereocenters. The molecular formula is C21H26O5. The number of aromatic hydroxyl groups is 1. The molecule has 1 atom stereocenters. The van der Waals surface area contributed by atoms with Crippen molar-refractivity contribution < 1.29 is 24.5 Å². The number of aliphatic hydroxyl groups is 1. The SMILES string of the molecule is CC(=O)c1c(O)cccc1OCC(C)Oc1ccccc1C(C)(C)CO. The smallest absolute Gasteiger partial charge is 0.167 e. The average molecular weight is 358 g/mol. The van der Waals surface area contributed by atoms with Crippen molar-refractivity contribution >= 4 is 5.78 Å². The summed E-state index contributed by atoms with van der Waals surface area (Å²) in [6.45, 7) is 7.35. The number of aliphatic hydroxyl groups excluding tert-OH is 1. The van der Waals surface area contributed by atoms with Gasteiger partial charge < -0.3 is 19.7 Å². The van der Waals surface area contributed by atoms with E-state index >= 15 is 0 Å². The molecule has 0 radical (unpaired) electrons. The second-order valence-electron chi connectivity index (χ2n) is 6.98. The van der Waals surface area contributed by atoms with Crippen molar-refractivity contribution in [1.29, 1.82) is 0 Å². The molecule has 0 aliphatic rings. The highest BCUT2D eigenvalue weighted by Gasteiger charge is 2.24. The zero-order valence-corrected chi connectivity index (χ0v) is 15.7. The topological polar surface area (TPSA) is 76.0 Å². The van der Waals surface area contributed by atoms with Crippen LogP contribution in [0.3, 0.4) is 0 Å². The first-order valence-electron chi connectivity index (χ1n) is 8.59. The lowest BCUT2D eigenvalue weighted by Gasteiger charge is -2.26. The fraction of sp³-hybridized carbons (Fsp3) is 0.381. The van der Waals surface area contributed by atoms with E-state index < -0.39 is 5.41 Å². The van der Waals surface area contributed by atoms with E-state index in [1.807, 2.05) is 45.0 Å². The number of hydrogen-bond donors (Lipinski definition) is 2. The minimum atomic E-state index is -0.426. The molecule has 0 saturated heterocycles. The van der Waals surface area contributed by atoms with E-state index in [0.29, 0.717) is 11.5 Å². The molecule has 0 bridgehead atoms. The van der Waals surface area contributed by atoms with Crippen LogP contribution in [0, 0.1) is 0 Å². The van der Waals surface area contributed by atoms with Crippen LogP contribution in [0.25, 0.3) is 0 Å². The van der Waals surface area contributed by atoms with Gasteiger partial charge in [0.25, 0.3) is 0 Å². The zero-order valence-electron chi connectivity index (χ0n) is 15.7. The highest BCUT2D eigenvalue weighted by molar-refractivity contribution is 5.99. The molecule has 5 nitrogen and oxygen atoms in total. The summed E-state index contributed by atoms with van der Waals surface area (Å²) < 4.78 is 11.7. The largest absolute Gasteiger partial charge is 0.507 e. The first kappa shape index (κ1) is 19.8. The molecule has 0 amide bonds. The summed E-state index contributed by atoms with van der Waals surface area (Å²) >= 11 is 0. The molecule has 0 aromatic heterocycles. The van der Waals surface area contributed by atoms with E-state index in [1.165, 1.54) is 13.0 Å². The van der Waals surface area contributed by atoms with Crippen LogP contribution in [-0.2, 0) is 5.41 Å². The molecule has 5 heteroatoms. The van der Waals surface area contributed by atoms with Gasteiger partial charge in [-0.05, 0) is 32.0 Å². The van der Waals surface area contributed by atoms with Crippen molar-refractivity contribution in [3.8, 4) is 17.2 Å². The lowest BCUT2D eigenvalue weighted by atomic mass is 9.85. The first-order chi connectivity index (χ1) is 12.3. The molecule has 2 N–H and O–H groups in total. The fourth-order valence-corrected chi connectivity index (χ4v) is 2.67. The summed E-state index contributed by atoms with van der Waals surface area (Å²) in [7, 11) is 0. The van der Waals surface area contributed by atoms with Gasteiger partial charge in [0.1, 0.15) is 35.5 Å². The molecule has 0 fully saturated rings. The summed E-state index contributed by atoms with van der Waals surface area (Å²) in [5.74, 6) is 0.655. The van der Waals surface area contributed by atoms with Gasteiger partial charge in [-0.15, -0.1) is 0 Å². The van der Waals surface area contributed by atoms with Gasteiger partial charge in [-0.25, -0.2) is 0 Å². The highest BCUT2D eigenvalue weighted by atomic mass is 16.5. The molecule has 0 aliphatic carbocycles. The number of carbonyl (C=O) groups is 1. The number of ether oxygens (including phenoxy) is 2. The molecule has 0 aliphatic heterocycles. The summed E-state index contributed by atoms with van der Waals surface area (Å²) in [5.41, 5.74) is 0.655. The summed E-state index contributed by atoms with van der Waals surface area (Å²) in [4.78, 5) is 11.7. The molecule has 2 rings (SSSR count). The number of carbonyl (C=O) groups excluding carboxylic acids is 1. The molecule has 26 heavy (non-hydrogen) atoms. The summed E-state index contributed by atoms with van der Waals surface area (Å²) in [6, 6.07) is 12.3. The Morgan fingerprint density at radius 1 is 1.12 bits per heavy atom. The zero-order chi connectivity index (χ0) is 19.3. The Morgan fingerprint density at radius 2 is 1.77 bits per heavy atom. The lowest BCUT2D eigenvalue weighted by Crippen LogP contribution is -2.26. The number of Topliss-reactive ketones (excluding diaryl/α,β-unsaturated/α-hetero) is 1. The molecule has 2 aromatic rings. The Morgan fingerprint density at radius 3 is 2.42 bits per heavy atom. The minimum Gasteiger partial charge on any atom is -0.507 e. The number of ketones is 1. The second kappa shape index (κ2) is 8.23. The van der Waals surface area contributed by atoms with Crippen LogP contribution < -0.4 is 9.47 Å². The third kappa shape index (κ3) is 4.55. The van der Waals surface area contributed by atoms with Crippen LogP contribution >= 0.6 is 0 Å². The predicted molar refractivity (Wildman–Crippen MR) is 100 cm³/mol. The Bertz CT molecular complexity index is 767. The monoisotopic (exact) mass is 358 g/mol. The van der Waals surface area contributed by atoms with Gasteiger partial charge in [0.05, 0.1) is 6.61 Å². The maximum absolute atomic E-state index is 11.7. The Kier molecular flexibility index (Phi) is 6.27. The van der Waals surface area contributed by atoms with Crippen LogP contribution in [0.4, 0.5) is 0 Å². The van der Waals surface area contributed by atoms with Crippen molar-refractivity contribution in [2.45, 2.75) is 39.2 Å². The quantitative estimate of drug-likeness (QED) is 0.704. The Labute approximate surface area is 154 Å². The molecule has 0 heterocycles. The number of hydrogen-bond acceptors (Lipinski definition) is 5. The van der Waals surface area contributed by atoms with Crippen molar-refractivity contribution in [2.24, 2.45) is 0 Å². The van der Waals surface area contributed by atoms with Crippen molar-refractivity contribution in [1.82, 2.24) is 0 Å². The van der Waals surface area contributed by atoms with Gasteiger partial charge in [-0.1, -0.05) is 38.1 Å². The van der Waals surface area contributed by atoms with Gasteiger partial charge in [0, 0.05) is 11.0 Å². The number of rotatable bonds is 8. The molecular weight excluding hydrogens is 332 g/mol. The van der Waals surface area contributed by atoms with Crippen LogP contribution in [0.15, 0.2) is 42.5 Å². The van der Waals surface area contributed by atoms with Gasteiger partial charge >= 0.3 is 0 Å². The maximum atomic E-state index is 11.7. The third-order valence-corrected chi connectivity index (χ3v) is 4.17. The molecule has 140 valence electrons. The van der Waals surface area contributed by atoms with E-state index in [2.05, 4.69) is 0 Å². The molecule has 2 aromatic carbocycles. The van der Waals surface area contributed by atoms with Crippen molar-refractivity contribution in [3.05, 3.63) is 53.6 Å². The fourth-order valence-electron chi connectivity index (χ4n) is 2.67. The van der Waals surface area contributed by atoms with Crippen LogP contribution in [-0.4, -0.2) is 35.3 Å². The number of para-hydroxylation sites is 1. The van der Waals surface area contributed by atoms with Crippen molar-refractivity contribution in [2.75, 3.05) is 13.2 Å². The van der Waals surface area contributed by atoms with Gasteiger partial charge in [0.15, 0.2) is 5.78 Å². The number of benzene rings is 2. The van der Waals surface area contributed by atoms with Gasteiger partial charge in [0.2, 0.25) is 0 Å². The van der Waals surface area contributed by atoms with E-state index in [4.69, 9.17) is 9.47 Å². The van der Waals surface area contributed by atoms with Gasteiger partial charge in [-0.3, -0.25) is 4.79 Å².